The van der Waals surface area contributed by atoms with Crippen molar-refractivity contribution in [3.63, 3.8) is 0 Å². The summed E-state index contributed by atoms with van der Waals surface area (Å²) in [5.41, 5.74) is 2.06. The molecule has 1 aromatic rings. The van der Waals surface area contributed by atoms with Crippen LogP contribution in [0.1, 0.15) is 24.0 Å². The maximum Gasteiger partial charge on any atom is 0.490 e. The maximum absolute atomic E-state index is 10.6. The van der Waals surface area contributed by atoms with E-state index in [1.807, 2.05) is 6.07 Å². The van der Waals surface area contributed by atoms with Gasteiger partial charge < -0.3 is 20.4 Å². The number of rotatable bonds is 2. The fourth-order valence-electron chi connectivity index (χ4n) is 3.73. The van der Waals surface area contributed by atoms with E-state index in [0.29, 0.717) is 12.0 Å². The van der Waals surface area contributed by atoms with Crippen molar-refractivity contribution in [3.05, 3.63) is 23.3 Å². The molecule has 1 aromatic carbocycles. The standard InChI is InChI=1S/C15H21NO3.C2HF3O2/c17-7-6-16-5-1-2-11-8-12-10(9-13(11)16)3-4-14(18)15(12)19;3-2(4,5)1(6)7/h3-4,11,13,17-19H,1-2,5-9H2;(H,6,7)/t11-,13-;/m1./s1. The number of hydrogen-bond donors (Lipinski definition) is 4. The summed E-state index contributed by atoms with van der Waals surface area (Å²) in [7, 11) is 0. The van der Waals surface area contributed by atoms with Crippen LogP contribution < -0.4 is 0 Å². The molecule has 0 aromatic heterocycles. The van der Waals surface area contributed by atoms with Gasteiger partial charge in [-0.2, -0.15) is 13.2 Å². The number of carbonyl (C=O) groups is 1. The van der Waals surface area contributed by atoms with Gasteiger partial charge in [0.1, 0.15) is 0 Å². The zero-order chi connectivity index (χ0) is 19.5. The lowest BCUT2D eigenvalue weighted by Gasteiger charge is -2.44. The van der Waals surface area contributed by atoms with Crippen molar-refractivity contribution >= 4 is 5.97 Å². The summed E-state index contributed by atoms with van der Waals surface area (Å²) in [6, 6.07) is 3.97. The van der Waals surface area contributed by atoms with Crippen LogP contribution in [0.2, 0.25) is 0 Å². The number of fused-ring (bicyclic) bond motifs is 2. The second kappa shape index (κ2) is 8.13. The van der Waals surface area contributed by atoms with Crippen molar-refractivity contribution in [3.8, 4) is 11.5 Å². The van der Waals surface area contributed by atoms with E-state index < -0.39 is 12.1 Å². The summed E-state index contributed by atoms with van der Waals surface area (Å²) in [6.45, 7) is 2.00. The monoisotopic (exact) mass is 377 g/mol. The molecule has 0 unspecified atom stereocenters. The molecule has 1 heterocycles. The second-order valence-electron chi connectivity index (χ2n) is 6.51. The minimum absolute atomic E-state index is 0.0137. The number of aliphatic hydroxyl groups is 1. The second-order valence-corrected chi connectivity index (χ2v) is 6.51. The highest BCUT2D eigenvalue weighted by Crippen LogP contribution is 2.41. The highest BCUT2D eigenvalue weighted by molar-refractivity contribution is 5.73. The first kappa shape index (κ1) is 20.3. The van der Waals surface area contributed by atoms with Gasteiger partial charge in [0, 0.05) is 18.2 Å². The molecule has 1 saturated heterocycles. The average molecular weight is 377 g/mol. The number of aliphatic hydroxyl groups excluding tert-OH is 1. The van der Waals surface area contributed by atoms with Crippen molar-refractivity contribution in [1.82, 2.24) is 4.90 Å². The third-order valence-electron chi connectivity index (χ3n) is 4.92. The number of alkyl halides is 3. The Balaban J connectivity index is 0.000000298. The molecule has 146 valence electrons. The number of nitrogens with zero attached hydrogens (tertiary/aromatic N) is 1. The molecule has 1 aliphatic heterocycles. The molecule has 4 N–H and O–H groups in total. The molecule has 2 aliphatic rings. The van der Waals surface area contributed by atoms with Gasteiger partial charge in [-0.25, -0.2) is 4.79 Å². The van der Waals surface area contributed by atoms with Crippen LogP contribution in [0.25, 0.3) is 0 Å². The van der Waals surface area contributed by atoms with E-state index in [-0.39, 0.29) is 18.1 Å². The third kappa shape index (κ3) is 4.59. The van der Waals surface area contributed by atoms with E-state index in [2.05, 4.69) is 4.90 Å². The molecule has 0 bridgehead atoms. The molecular formula is C17H22F3NO5. The zero-order valence-electron chi connectivity index (χ0n) is 14.0. The summed E-state index contributed by atoms with van der Waals surface area (Å²) in [5, 5.41) is 35.9. The van der Waals surface area contributed by atoms with Crippen molar-refractivity contribution in [2.24, 2.45) is 5.92 Å². The van der Waals surface area contributed by atoms with Gasteiger partial charge in [0.25, 0.3) is 0 Å². The third-order valence-corrected chi connectivity index (χ3v) is 4.92. The predicted molar refractivity (Wildman–Crippen MR) is 86.0 cm³/mol. The van der Waals surface area contributed by atoms with E-state index in [4.69, 9.17) is 15.0 Å². The van der Waals surface area contributed by atoms with Gasteiger partial charge >= 0.3 is 12.1 Å². The lowest BCUT2D eigenvalue weighted by Crippen LogP contribution is -2.50. The molecule has 6 nitrogen and oxygen atoms in total. The highest BCUT2D eigenvalue weighted by atomic mass is 19.4. The van der Waals surface area contributed by atoms with Crippen molar-refractivity contribution < 1.29 is 38.4 Å². The number of phenolic OH excluding ortho intramolecular Hbond substituents is 2. The fourth-order valence-corrected chi connectivity index (χ4v) is 3.73. The van der Waals surface area contributed by atoms with Crippen LogP contribution >= 0.6 is 0 Å². The first-order valence-corrected chi connectivity index (χ1v) is 8.32. The molecule has 0 saturated carbocycles. The smallest absolute Gasteiger partial charge is 0.490 e. The van der Waals surface area contributed by atoms with E-state index in [0.717, 1.165) is 43.5 Å². The Kier molecular flexibility index (Phi) is 6.35. The summed E-state index contributed by atoms with van der Waals surface area (Å²) in [4.78, 5) is 11.3. The summed E-state index contributed by atoms with van der Waals surface area (Å²) in [6.07, 6.45) is -1.02. The maximum atomic E-state index is 10.6. The number of piperidine rings is 1. The van der Waals surface area contributed by atoms with Crippen molar-refractivity contribution in [2.75, 3.05) is 19.7 Å². The Labute approximate surface area is 148 Å². The number of benzene rings is 1. The van der Waals surface area contributed by atoms with E-state index in [1.165, 1.54) is 6.42 Å². The molecule has 9 heteroatoms. The van der Waals surface area contributed by atoms with Gasteiger partial charge in [0.15, 0.2) is 11.5 Å². The Morgan fingerprint density at radius 2 is 1.88 bits per heavy atom. The zero-order valence-corrected chi connectivity index (χ0v) is 14.0. The molecule has 3 rings (SSSR count). The summed E-state index contributed by atoms with van der Waals surface area (Å²) in [5.74, 6) is -2.18. The fraction of sp³-hybridized carbons (Fsp3) is 0.588. The summed E-state index contributed by atoms with van der Waals surface area (Å²) < 4.78 is 31.7. The molecular weight excluding hydrogens is 355 g/mol. The minimum atomic E-state index is -5.08. The van der Waals surface area contributed by atoms with Crippen molar-refractivity contribution in [2.45, 2.75) is 37.9 Å². The molecule has 0 amide bonds. The van der Waals surface area contributed by atoms with Crippen LogP contribution in [-0.4, -0.2) is 63.2 Å². The number of aliphatic carboxylic acids is 1. The van der Waals surface area contributed by atoms with Gasteiger partial charge in [-0.15, -0.1) is 0 Å². The number of likely N-dealkylation sites (tertiary alicyclic amines) is 1. The first-order valence-electron chi connectivity index (χ1n) is 8.32. The summed E-state index contributed by atoms with van der Waals surface area (Å²) >= 11 is 0. The van der Waals surface area contributed by atoms with E-state index >= 15 is 0 Å². The predicted octanol–water partition coefficient (Wildman–Crippen LogP) is 1.90. The average Bonchev–Trinajstić information content (AvgIpc) is 2.57. The number of β-amino-alcohol motifs (C(OH)–C–C–N with tert-alkyl or cyclic N) is 1. The Morgan fingerprint density at radius 3 is 2.46 bits per heavy atom. The van der Waals surface area contributed by atoms with E-state index in [9.17, 15) is 23.4 Å². The van der Waals surface area contributed by atoms with Gasteiger partial charge in [-0.1, -0.05) is 6.07 Å². The van der Waals surface area contributed by atoms with Crippen molar-refractivity contribution in [1.29, 1.82) is 0 Å². The van der Waals surface area contributed by atoms with E-state index in [1.54, 1.807) is 6.07 Å². The Bertz CT molecular complexity index is 648. The number of hydrogen-bond acceptors (Lipinski definition) is 5. The molecule has 1 fully saturated rings. The molecule has 2 atom stereocenters. The molecule has 0 spiro atoms. The largest absolute Gasteiger partial charge is 0.504 e. The Hall–Kier alpha value is -2.00. The number of halogens is 3. The number of aromatic hydroxyl groups is 2. The Morgan fingerprint density at radius 1 is 1.23 bits per heavy atom. The molecule has 1 aliphatic carbocycles. The van der Waals surface area contributed by atoms with Crippen LogP contribution in [0.5, 0.6) is 11.5 Å². The quantitative estimate of drug-likeness (QED) is 0.588. The highest BCUT2D eigenvalue weighted by Gasteiger charge is 2.38. The van der Waals surface area contributed by atoms with Crippen LogP contribution in [0.4, 0.5) is 13.2 Å². The van der Waals surface area contributed by atoms with Crippen LogP contribution in [-0.2, 0) is 17.6 Å². The number of phenols is 2. The van der Waals surface area contributed by atoms with Crippen LogP contribution in [0.3, 0.4) is 0 Å². The van der Waals surface area contributed by atoms with Crippen LogP contribution in [0.15, 0.2) is 12.1 Å². The first-order chi connectivity index (χ1) is 12.1. The SMILES string of the molecule is O=C(O)C(F)(F)F.OCCN1CCC[C@@H]2Cc3c(ccc(O)c3O)C[C@H]21. The minimum Gasteiger partial charge on any atom is -0.504 e. The van der Waals surface area contributed by atoms with Gasteiger partial charge in [-0.3, -0.25) is 4.90 Å². The van der Waals surface area contributed by atoms with Gasteiger partial charge in [0.05, 0.1) is 6.61 Å². The lowest BCUT2D eigenvalue weighted by molar-refractivity contribution is -0.192. The topological polar surface area (TPSA) is 101 Å². The lowest BCUT2D eigenvalue weighted by atomic mass is 9.75. The van der Waals surface area contributed by atoms with Gasteiger partial charge in [-0.05, 0) is 49.8 Å². The molecule has 26 heavy (non-hydrogen) atoms. The molecule has 0 radical (unpaired) electrons. The normalized spacial score (nSPS) is 22.6. The van der Waals surface area contributed by atoms with Gasteiger partial charge in [0.2, 0.25) is 0 Å². The number of carboxylic acid groups (broad SMARTS) is 1. The van der Waals surface area contributed by atoms with Crippen LogP contribution in [0, 0.1) is 5.92 Å². The number of carboxylic acids is 1.